The number of nitrogens with zero attached hydrogens (tertiary/aromatic N) is 6. The van der Waals surface area contributed by atoms with E-state index in [1.165, 1.54) is 0 Å². The smallest absolute Gasteiger partial charge is 0.254 e. The van der Waals surface area contributed by atoms with Gasteiger partial charge in [-0.05, 0) is 19.4 Å². The Hall–Kier alpha value is -2.70. The molecule has 7 nitrogen and oxygen atoms in total. The van der Waals surface area contributed by atoms with Crippen LogP contribution in [0.5, 0.6) is 5.88 Å². The minimum atomic E-state index is 0.476. The molecule has 1 aliphatic heterocycles. The van der Waals surface area contributed by atoms with E-state index in [9.17, 15) is 0 Å². The summed E-state index contributed by atoms with van der Waals surface area (Å²) >= 11 is 0. The number of fused-ring (bicyclic) bond motifs is 1. The summed E-state index contributed by atoms with van der Waals surface area (Å²) in [5, 5.41) is 4.28. The molecule has 1 fully saturated rings. The molecule has 3 aromatic rings. The minimum Gasteiger partial charge on any atom is -0.477 e. The van der Waals surface area contributed by atoms with E-state index in [0.29, 0.717) is 24.2 Å². The van der Waals surface area contributed by atoms with Gasteiger partial charge in [-0.2, -0.15) is 14.6 Å². The van der Waals surface area contributed by atoms with Crippen LogP contribution in [0, 0.1) is 12.8 Å². The Kier molecular flexibility index (Phi) is 3.53. The molecule has 1 aliphatic rings. The molecule has 118 valence electrons. The summed E-state index contributed by atoms with van der Waals surface area (Å²) < 4.78 is 7.59. The topological polar surface area (TPSA) is 68.4 Å². The zero-order valence-corrected chi connectivity index (χ0v) is 13.0. The van der Waals surface area contributed by atoms with Crippen LogP contribution < -0.4 is 9.64 Å². The quantitative estimate of drug-likeness (QED) is 0.731. The maximum absolute atomic E-state index is 5.79. The van der Waals surface area contributed by atoms with E-state index >= 15 is 0 Å². The highest BCUT2D eigenvalue weighted by Gasteiger charge is 2.25. The number of rotatable bonds is 4. The fourth-order valence-corrected chi connectivity index (χ4v) is 2.95. The maximum Gasteiger partial charge on any atom is 0.254 e. The van der Waals surface area contributed by atoms with Gasteiger partial charge in [0, 0.05) is 43.0 Å². The largest absolute Gasteiger partial charge is 0.477 e. The van der Waals surface area contributed by atoms with Crippen molar-refractivity contribution in [3.8, 4) is 5.88 Å². The van der Waals surface area contributed by atoms with Crippen molar-refractivity contribution >= 4 is 11.6 Å². The van der Waals surface area contributed by atoms with Gasteiger partial charge in [-0.25, -0.2) is 9.97 Å². The monoisotopic (exact) mass is 310 g/mol. The molecule has 23 heavy (non-hydrogen) atoms. The molecule has 0 amide bonds. The molecule has 1 atom stereocenters. The SMILES string of the molecule is Cc1cc(N2CCC(COc3ccccn3)C2)n2ncnc2n1. The number of hydrogen-bond acceptors (Lipinski definition) is 6. The van der Waals surface area contributed by atoms with Gasteiger partial charge in [0.25, 0.3) is 5.78 Å². The molecule has 0 saturated carbocycles. The molecule has 0 bridgehead atoms. The molecule has 0 aliphatic carbocycles. The predicted molar refractivity (Wildman–Crippen MR) is 85.6 cm³/mol. The molecular formula is C16H18N6O. The van der Waals surface area contributed by atoms with Gasteiger partial charge in [0.05, 0.1) is 6.61 Å². The fraction of sp³-hybridized carbons (Fsp3) is 0.375. The second-order valence-electron chi connectivity index (χ2n) is 5.81. The first kappa shape index (κ1) is 13.9. The van der Waals surface area contributed by atoms with Crippen molar-refractivity contribution in [1.82, 2.24) is 24.6 Å². The highest BCUT2D eigenvalue weighted by atomic mass is 16.5. The van der Waals surface area contributed by atoms with Gasteiger partial charge in [-0.3, -0.25) is 0 Å². The van der Waals surface area contributed by atoms with Crippen molar-refractivity contribution in [2.75, 3.05) is 24.6 Å². The molecular weight excluding hydrogens is 292 g/mol. The summed E-state index contributed by atoms with van der Waals surface area (Å²) in [7, 11) is 0. The number of aryl methyl sites for hydroxylation is 1. The average Bonchev–Trinajstić information content (AvgIpc) is 3.22. The molecule has 1 unspecified atom stereocenters. The van der Waals surface area contributed by atoms with Crippen LogP contribution in [0.3, 0.4) is 0 Å². The first-order valence-electron chi connectivity index (χ1n) is 7.76. The van der Waals surface area contributed by atoms with Crippen LogP contribution in [0.2, 0.25) is 0 Å². The van der Waals surface area contributed by atoms with Crippen LogP contribution in [-0.2, 0) is 0 Å². The summed E-state index contributed by atoms with van der Waals surface area (Å²) in [6, 6.07) is 7.77. The Morgan fingerprint density at radius 2 is 2.26 bits per heavy atom. The van der Waals surface area contributed by atoms with E-state index in [-0.39, 0.29) is 0 Å². The average molecular weight is 310 g/mol. The van der Waals surface area contributed by atoms with Crippen molar-refractivity contribution in [1.29, 1.82) is 0 Å². The molecule has 7 heteroatoms. The van der Waals surface area contributed by atoms with Crippen molar-refractivity contribution in [3.63, 3.8) is 0 Å². The second-order valence-corrected chi connectivity index (χ2v) is 5.81. The van der Waals surface area contributed by atoms with E-state index in [2.05, 4.69) is 31.0 Å². The normalized spacial score (nSPS) is 17.8. The van der Waals surface area contributed by atoms with E-state index in [0.717, 1.165) is 31.0 Å². The lowest BCUT2D eigenvalue weighted by Gasteiger charge is -2.19. The van der Waals surface area contributed by atoms with E-state index < -0.39 is 0 Å². The summed E-state index contributed by atoms with van der Waals surface area (Å²) in [4.78, 5) is 15.1. The van der Waals surface area contributed by atoms with Crippen LogP contribution >= 0.6 is 0 Å². The third kappa shape index (κ3) is 2.81. The van der Waals surface area contributed by atoms with Crippen molar-refractivity contribution < 1.29 is 4.74 Å². The number of ether oxygens (including phenoxy) is 1. The predicted octanol–water partition coefficient (Wildman–Crippen LogP) is 1.73. The van der Waals surface area contributed by atoms with E-state index in [1.807, 2.05) is 25.1 Å². The fourth-order valence-electron chi connectivity index (χ4n) is 2.95. The summed E-state index contributed by atoms with van der Waals surface area (Å²) in [6.45, 7) is 4.58. The molecule has 0 radical (unpaired) electrons. The Morgan fingerprint density at radius 3 is 3.13 bits per heavy atom. The van der Waals surface area contributed by atoms with Crippen LogP contribution in [0.4, 0.5) is 5.82 Å². The van der Waals surface area contributed by atoms with E-state index in [4.69, 9.17) is 4.74 Å². The lowest BCUT2D eigenvalue weighted by atomic mass is 10.1. The Bertz CT molecular complexity index is 803. The highest BCUT2D eigenvalue weighted by Crippen LogP contribution is 2.24. The van der Waals surface area contributed by atoms with Crippen LogP contribution in [0.1, 0.15) is 12.1 Å². The van der Waals surface area contributed by atoms with Crippen molar-refractivity contribution in [3.05, 3.63) is 42.5 Å². The van der Waals surface area contributed by atoms with Crippen LogP contribution in [0.25, 0.3) is 5.78 Å². The van der Waals surface area contributed by atoms with E-state index in [1.54, 1.807) is 17.0 Å². The molecule has 4 rings (SSSR count). The Morgan fingerprint density at radius 1 is 1.30 bits per heavy atom. The third-order valence-electron chi connectivity index (χ3n) is 4.08. The van der Waals surface area contributed by atoms with Crippen LogP contribution in [0.15, 0.2) is 36.8 Å². The van der Waals surface area contributed by atoms with Gasteiger partial charge in [-0.1, -0.05) is 6.07 Å². The van der Waals surface area contributed by atoms with Gasteiger partial charge in [0.1, 0.15) is 12.1 Å². The minimum absolute atomic E-state index is 0.476. The zero-order valence-electron chi connectivity index (χ0n) is 13.0. The maximum atomic E-state index is 5.79. The van der Waals surface area contributed by atoms with Crippen molar-refractivity contribution in [2.24, 2.45) is 5.92 Å². The molecule has 0 aromatic carbocycles. The van der Waals surface area contributed by atoms with Gasteiger partial charge in [-0.15, -0.1) is 0 Å². The number of aromatic nitrogens is 5. The molecule has 4 heterocycles. The second kappa shape index (κ2) is 5.83. The summed E-state index contributed by atoms with van der Waals surface area (Å²) in [6.07, 6.45) is 4.38. The number of anilines is 1. The summed E-state index contributed by atoms with van der Waals surface area (Å²) in [5.41, 5.74) is 0.952. The molecule has 0 N–H and O–H groups in total. The van der Waals surface area contributed by atoms with Gasteiger partial charge in [0.2, 0.25) is 5.88 Å². The summed E-state index contributed by atoms with van der Waals surface area (Å²) in [5.74, 6) is 2.85. The number of pyridine rings is 1. The van der Waals surface area contributed by atoms with Gasteiger partial charge in [0.15, 0.2) is 0 Å². The lowest BCUT2D eigenvalue weighted by molar-refractivity contribution is 0.252. The molecule has 3 aromatic heterocycles. The highest BCUT2D eigenvalue weighted by molar-refractivity contribution is 5.47. The lowest BCUT2D eigenvalue weighted by Crippen LogP contribution is -2.24. The van der Waals surface area contributed by atoms with Gasteiger partial charge >= 0.3 is 0 Å². The van der Waals surface area contributed by atoms with Crippen molar-refractivity contribution in [2.45, 2.75) is 13.3 Å². The Balaban J connectivity index is 1.46. The van der Waals surface area contributed by atoms with Gasteiger partial charge < -0.3 is 9.64 Å². The molecule has 0 spiro atoms. The zero-order chi connectivity index (χ0) is 15.6. The Labute approximate surface area is 134 Å². The first-order chi connectivity index (χ1) is 11.3. The molecule has 1 saturated heterocycles. The number of hydrogen-bond donors (Lipinski definition) is 0. The first-order valence-corrected chi connectivity index (χ1v) is 7.76. The third-order valence-corrected chi connectivity index (χ3v) is 4.08. The van der Waals surface area contributed by atoms with Crippen LogP contribution in [-0.4, -0.2) is 44.3 Å². The standard InChI is InChI=1S/C16H18N6O/c1-12-8-15(22-16(20-12)18-11-19-22)21-7-5-13(9-21)10-23-14-4-2-3-6-17-14/h2-4,6,8,11,13H,5,7,9-10H2,1H3.